The van der Waals surface area contributed by atoms with Gasteiger partial charge >= 0.3 is 0 Å². The van der Waals surface area contributed by atoms with Crippen molar-refractivity contribution in [1.82, 2.24) is 5.32 Å². The molecule has 5 heteroatoms. The Morgan fingerprint density at radius 3 is 2.57 bits per heavy atom. The van der Waals surface area contributed by atoms with Crippen molar-refractivity contribution in [3.05, 3.63) is 58.1 Å². The van der Waals surface area contributed by atoms with Gasteiger partial charge in [-0.25, -0.2) is 0 Å². The van der Waals surface area contributed by atoms with Crippen LogP contribution in [0.25, 0.3) is 0 Å². The summed E-state index contributed by atoms with van der Waals surface area (Å²) in [5.41, 5.74) is 0.534. The highest BCUT2D eigenvalue weighted by atomic mass is 35.5. The lowest BCUT2D eigenvalue weighted by atomic mass is 10.2. The van der Waals surface area contributed by atoms with Crippen LogP contribution in [0.3, 0.4) is 0 Å². The second-order valence-corrected chi connectivity index (χ2v) is 5.68. The number of benzene rings is 2. The molecular formula is C16H15Cl2NO2. The zero-order valence-corrected chi connectivity index (χ0v) is 13.2. The third kappa shape index (κ3) is 4.38. The maximum absolute atomic E-state index is 12.0. The maximum Gasteiger partial charge on any atom is 0.251 e. The van der Waals surface area contributed by atoms with Crippen LogP contribution in [0.15, 0.2) is 42.5 Å². The number of hydrogen-bond donors (Lipinski definition) is 1. The van der Waals surface area contributed by atoms with Crippen LogP contribution in [0, 0.1) is 0 Å². The molecule has 0 unspecified atom stereocenters. The summed E-state index contributed by atoms with van der Waals surface area (Å²) in [4.78, 5) is 12.0. The van der Waals surface area contributed by atoms with Gasteiger partial charge in [0.2, 0.25) is 0 Å². The van der Waals surface area contributed by atoms with E-state index >= 15 is 0 Å². The molecule has 0 spiro atoms. The zero-order valence-electron chi connectivity index (χ0n) is 11.7. The number of rotatable bonds is 4. The lowest BCUT2D eigenvalue weighted by Crippen LogP contribution is -2.29. The van der Waals surface area contributed by atoms with Gasteiger partial charge in [0.1, 0.15) is 11.5 Å². The summed E-state index contributed by atoms with van der Waals surface area (Å²) in [6.45, 7) is 3.82. The Morgan fingerprint density at radius 1 is 1.14 bits per heavy atom. The molecule has 1 amide bonds. The minimum atomic E-state index is -0.141. The van der Waals surface area contributed by atoms with Crippen LogP contribution in [0.1, 0.15) is 24.2 Å². The van der Waals surface area contributed by atoms with Crippen LogP contribution < -0.4 is 10.1 Å². The Hall–Kier alpha value is -1.71. The van der Waals surface area contributed by atoms with Crippen molar-refractivity contribution in [3.63, 3.8) is 0 Å². The first-order valence-electron chi connectivity index (χ1n) is 6.49. The van der Waals surface area contributed by atoms with Crippen LogP contribution in [0.4, 0.5) is 0 Å². The van der Waals surface area contributed by atoms with E-state index in [1.165, 1.54) is 0 Å². The van der Waals surface area contributed by atoms with E-state index in [-0.39, 0.29) is 11.9 Å². The molecule has 2 aromatic carbocycles. The predicted octanol–water partition coefficient (Wildman–Crippen LogP) is 4.92. The lowest BCUT2D eigenvalue weighted by Gasteiger charge is -2.11. The van der Waals surface area contributed by atoms with Crippen LogP contribution in [-0.4, -0.2) is 11.9 Å². The standard InChI is InChI=1S/C16H15Cl2NO2/c1-10(2)19-16(20)11-4-3-5-13(8-11)21-15-7-6-12(17)9-14(15)18/h3-10H,1-2H3,(H,19,20). The molecule has 2 aromatic rings. The molecule has 0 aliphatic rings. The van der Waals surface area contributed by atoms with Crippen molar-refractivity contribution >= 4 is 29.1 Å². The zero-order chi connectivity index (χ0) is 15.4. The highest BCUT2D eigenvalue weighted by Gasteiger charge is 2.09. The van der Waals surface area contributed by atoms with Gasteiger partial charge in [0.15, 0.2) is 0 Å². The van der Waals surface area contributed by atoms with Crippen molar-refractivity contribution < 1.29 is 9.53 Å². The third-order valence-electron chi connectivity index (χ3n) is 2.64. The monoisotopic (exact) mass is 323 g/mol. The first kappa shape index (κ1) is 15.7. The van der Waals surface area contributed by atoms with Gasteiger partial charge in [0, 0.05) is 16.6 Å². The van der Waals surface area contributed by atoms with Crippen molar-refractivity contribution in [2.24, 2.45) is 0 Å². The minimum Gasteiger partial charge on any atom is -0.456 e. The molecule has 0 saturated heterocycles. The molecule has 0 fully saturated rings. The molecule has 0 saturated carbocycles. The van der Waals surface area contributed by atoms with Gasteiger partial charge in [0.05, 0.1) is 5.02 Å². The molecule has 3 nitrogen and oxygen atoms in total. The second kappa shape index (κ2) is 6.83. The van der Waals surface area contributed by atoms with Crippen molar-refractivity contribution in [2.45, 2.75) is 19.9 Å². The van der Waals surface area contributed by atoms with Crippen LogP contribution in [0.5, 0.6) is 11.5 Å². The Bertz CT molecular complexity index is 656. The lowest BCUT2D eigenvalue weighted by molar-refractivity contribution is 0.0943. The maximum atomic E-state index is 12.0. The van der Waals surface area contributed by atoms with Crippen LogP contribution in [-0.2, 0) is 0 Å². The van der Waals surface area contributed by atoms with E-state index in [1.807, 2.05) is 13.8 Å². The summed E-state index contributed by atoms with van der Waals surface area (Å²) >= 11 is 11.9. The Balaban J connectivity index is 2.19. The molecule has 0 radical (unpaired) electrons. The van der Waals surface area contributed by atoms with Gasteiger partial charge in [-0.1, -0.05) is 29.3 Å². The number of nitrogens with one attached hydrogen (secondary N) is 1. The summed E-state index contributed by atoms with van der Waals surface area (Å²) in [7, 11) is 0. The number of amides is 1. The fourth-order valence-corrected chi connectivity index (χ4v) is 2.18. The van der Waals surface area contributed by atoms with E-state index < -0.39 is 0 Å². The van der Waals surface area contributed by atoms with Gasteiger partial charge in [-0.3, -0.25) is 4.79 Å². The quantitative estimate of drug-likeness (QED) is 0.866. The topological polar surface area (TPSA) is 38.3 Å². The summed E-state index contributed by atoms with van der Waals surface area (Å²) in [5, 5.41) is 3.79. The molecule has 21 heavy (non-hydrogen) atoms. The Labute approximate surface area is 133 Å². The summed E-state index contributed by atoms with van der Waals surface area (Å²) in [6, 6.07) is 12.0. The summed E-state index contributed by atoms with van der Waals surface area (Å²) in [5.74, 6) is 0.885. The Kier molecular flexibility index (Phi) is 5.10. The van der Waals surface area contributed by atoms with Gasteiger partial charge in [-0.2, -0.15) is 0 Å². The van der Waals surface area contributed by atoms with E-state index in [9.17, 15) is 4.79 Å². The van der Waals surface area contributed by atoms with Gasteiger partial charge in [-0.15, -0.1) is 0 Å². The molecule has 0 aliphatic carbocycles. The largest absolute Gasteiger partial charge is 0.456 e. The van der Waals surface area contributed by atoms with E-state index in [1.54, 1.807) is 42.5 Å². The van der Waals surface area contributed by atoms with Gasteiger partial charge in [-0.05, 0) is 50.2 Å². The van der Waals surface area contributed by atoms with Crippen LogP contribution in [0.2, 0.25) is 10.0 Å². The fraction of sp³-hybridized carbons (Fsp3) is 0.188. The molecule has 0 heterocycles. The molecule has 0 aliphatic heterocycles. The first-order chi connectivity index (χ1) is 9.95. The molecule has 0 bridgehead atoms. The molecule has 1 N–H and O–H groups in total. The van der Waals surface area contributed by atoms with E-state index in [2.05, 4.69) is 5.32 Å². The number of carbonyl (C=O) groups excluding carboxylic acids is 1. The van der Waals surface area contributed by atoms with Gasteiger partial charge < -0.3 is 10.1 Å². The summed E-state index contributed by atoms with van der Waals surface area (Å²) in [6.07, 6.45) is 0. The van der Waals surface area contributed by atoms with Crippen LogP contribution >= 0.6 is 23.2 Å². The number of ether oxygens (including phenoxy) is 1. The fourth-order valence-electron chi connectivity index (χ4n) is 1.73. The first-order valence-corrected chi connectivity index (χ1v) is 7.25. The molecular weight excluding hydrogens is 309 g/mol. The number of hydrogen-bond acceptors (Lipinski definition) is 2. The van der Waals surface area contributed by atoms with Crippen molar-refractivity contribution in [2.75, 3.05) is 0 Å². The van der Waals surface area contributed by atoms with E-state index in [0.29, 0.717) is 27.1 Å². The molecule has 0 aromatic heterocycles. The van der Waals surface area contributed by atoms with E-state index in [0.717, 1.165) is 0 Å². The number of halogens is 2. The summed E-state index contributed by atoms with van der Waals surface area (Å²) < 4.78 is 5.69. The average Bonchev–Trinajstić information content (AvgIpc) is 2.41. The SMILES string of the molecule is CC(C)NC(=O)c1cccc(Oc2ccc(Cl)cc2Cl)c1. The minimum absolute atomic E-state index is 0.0767. The molecule has 2 rings (SSSR count). The normalized spacial score (nSPS) is 10.5. The molecule has 0 atom stereocenters. The predicted molar refractivity (Wildman–Crippen MR) is 85.6 cm³/mol. The van der Waals surface area contributed by atoms with Gasteiger partial charge in [0.25, 0.3) is 5.91 Å². The Morgan fingerprint density at radius 2 is 1.90 bits per heavy atom. The second-order valence-electron chi connectivity index (χ2n) is 4.83. The van der Waals surface area contributed by atoms with E-state index in [4.69, 9.17) is 27.9 Å². The average molecular weight is 324 g/mol. The smallest absolute Gasteiger partial charge is 0.251 e. The third-order valence-corrected chi connectivity index (χ3v) is 3.17. The number of carbonyl (C=O) groups is 1. The molecule has 110 valence electrons. The van der Waals surface area contributed by atoms with Crippen molar-refractivity contribution in [1.29, 1.82) is 0 Å². The highest BCUT2D eigenvalue weighted by molar-refractivity contribution is 6.35. The van der Waals surface area contributed by atoms with Crippen molar-refractivity contribution in [3.8, 4) is 11.5 Å². The highest BCUT2D eigenvalue weighted by Crippen LogP contribution is 2.31.